The standard InChI is InChI=1S/C12H24N2O/c1-10(2)9-14(6)11(15)7-8-13-12(3,4)5/h13H,1,7-9H2,2-6H3. The van der Waals surface area contributed by atoms with E-state index in [1.807, 2.05) is 14.0 Å². The van der Waals surface area contributed by atoms with Gasteiger partial charge in [-0.2, -0.15) is 0 Å². The molecule has 0 heterocycles. The van der Waals surface area contributed by atoms with Gasteiger partial charge in [0, 0.05) is 32.1 Å². The smallest absolute Gasteiger partial charge is 0.223 e. The van der Waals surface area contributed by atoms with Crippen LogP contribution in [0.5, 0.6) is 0 Å². The minimum atomic E-state index is 0.0766. The largest absolute Gasteiger partial charge is 0.342 e. The monoisotopic (exact) mass is 212 g/mol. The zero-order valence-electron chi connectivity index (χ0n) is 10.7. The summed E-state index contributed by atoms with van der Waals surface area (Å²) in [6.45, 7) is 13.4. The van der Waals surface area contributed by atoms with Crippen molar-refractivity contribution in [2.45, 2.75) is 39.7 Å². The fourth-order valence-corrected chi connectivity index (χ4v) is 1.23. The predicted molar refractivity (Wildman–Crippen MR) is 64.8 cm³/mol. The molecule has 15 heavy (non-hydrogen) atoms. The summed E-state index contributed by atoms with van der Waals surface area (Å²) in [6, 6.07) is 0. The minimum Gasteiger partial charge on any atom is -0.342 e. The first-order valence-electron chi connectivity index (χ1n) is 5.36. The fourth-order valence-electron chi connectivity index (χ4n) is 1.23. The summed E-state index contributed by atoms with van der Waals surface area (Å²) >= 11 is 0. The van der Waals surface area contributed by atoms with Gasteiger partial charge >= 0.3 is 0 Å². The van der Waals surface area contributed by atoms with Crippen molar-refractivity contribution in [3.8, 4) is 0 Å². The number of carbonyl (C=O) groups is 1. The molecule has 1 amide bonds. The molecule has 0 saturated heterocycles. The maximum absolute atomic E-state index is 11.6. The van der Waals surface area contributed by atoms with Gasteiger partial charge in [-0.25, -0.2) is 0 Å². The van der Waals surface area contributed by atoms with Crippen LogP contribution in [0.15, 0.2) is 12.2 Å². The molecule has 3 heteroatoms. The highest BCUT2D eigenvalue weighted by molar-refractivity contribution is 5.76. The molecule has 3 nitrogen and oxygen atoms in total. The number of carbonyl (C=O) groups excluding carboxylic acids is 1. The van der Waals surface area contributed by atoms with Crippen LogP contribution in [0.3, 0.4) is 0 Å². The average molecular weight is 212 g/mol. The van der Waals surface area contributed by atoms with E-state index < -0.39 is 0 Å². The van der Waals surface area contributed by atoms with Crippen LogP contribution in [0.4, 0.5) is 0 Å². The van der Waals surface area contributed by atoms with E-state index in [0.29, 0.717) is 13.0 Å². The lowest BCUT2D eigenvalue weighted by Crippen LogP contribution is -2.39. The molecule has 0 aromatic carbocycles. The van der Waals surface area contributed by atoms with Crippen LogP contribution in [-0.2, 0) is 4.79 Å². The van der Waals surface area contributed by atoms with E-state index >= 15 is 0 Å². The second-order valence-corrected chi connectivity index (χ2v) is 5.13. The zero-order valence-corrected chi connectivity index (χ0v) is 10.7. The van der Waals surface area contributed by atoms with Crippen LogP contribution >= 0.6 is 0 Å². The molecule has 0 rings (SSSR count). The lowest BCUT2D eigenvalue weighted by atomic mass is 10.1. The first kappa shape index (κ1) is 14.2. The van der Waals surface area contributed by atoms with E-state index in [-0.39, 0.29) is 11.4 Å². The second-order valence-electron chi connectivity index (χ2n) is 5.13. The number of likely N-dealkylation sites (N-methyl/N-ethyl adjacent to an activating group) is 1. The van der Waals surface area contributed by atoms with E-state index in [1.54, 1.807) is 4.90 Å². The Morgan fingerprint density at radius 2 is 1.93 bits per heavy atom. The molecule has 0 aliphatic carbocycles. The Labute approximate surface area is 93.5 Å². The molecule has 1 N–H and O–H groups in total. The van der Waals surface area contributed by atoms with E-state index in [9.17, 15) is 4.79 Å². The van der Waals surface area contributed by atoms with Crippen LogP contribution in [0.25, 0.3) is 0 Å². The van der Waals surface area contributed by atoms with Crippen molar-refractivity contribution in [3.05, 3.63) is 12.2 Å². The zero-order chi connectivity index (χ0) is 12.1. The molecule has 0 fully saturated rings. The van der Waals surface area contributed by atoms with Crippen molar-refractivity contribution in [2.24, 2.45) is 0 Å². The topological polar surface area (TPSA) is 32.3 Å². The molecule has 0 aromatic heterocycles. The Balaban J connectivity index is 3.79. The van der Waals surface area contributed by atoms with Crippen LogP contribution in [-0.4, -0.2) is 36.5 Å². The highest BCUT2D eigenvalue weighted by Gasteiger charge is 2.11. The summed E-state index contributed by atoms with van der Waals surface area (Å²) in [4.78, 5) is 13.3. The summed E-state index contributed by atoms with van der Waals surface area (Å²) in [5.41, 5.74) is 1.09. The predicted octanol–water partition coefficient (Wildman–Crippen LogP) is 1.80. The Kier molecular flexibility index (Phi) is 5.58. The van der Waals surface area contributed by atoms with Gasteiger partial charge in [0.1, 0.15) is 0 Å². The number of amides is 1. The van der Waals surface area contributed by atoms with Crippen molar-refractivity contribution < 1.29 is 4.79 Å². The van der Waals surface area contributed by atoms with E-state index in [2.05, 4.69) is 32.7 Å². The quantitative estimate of drug-likeness (QED) is 0.705. The third kappa shape index (κ3) is 8.18. The summed E-state index contributed by atoms with van der Waals surface area (Å²) in [5.74, 6) is 0.162. The average Bonchev–Trinajstić information content (AvgIpc) is 2.00. The molecule has 88 valence electrons. The van der Waals surface area contributed by atoms with Crippen molar-refractivity contribution >= 4 is 5.91 Å². The Hall–Kier alpha value is -0.830. The van der Waals surface area contributed by atoms with Gasteiger partial charge in [0.2, 0.25) is 5.91 Å². The molecule has 0 bridgehead atoms. The normalized spacial score (nSPS) is 11.3. The van der Waals surface area contributed by atoms with Crippen molar-refractivity contribution in [1.82, 2.24) is 10.2 Å². The summed E-state index contributed by atoms with van der Waals surface area (Å²) in [6.07, 6.45) is 0.543. The maximum Gasteiger partial charge on any atom is 0.223 e. The highest BCUT2D eigenvalue weighted by Crippen LogP contribution is 2.00. The number of rotatable bonds is 5. The third-order valence-corrected chi connectivity index (χ3v) is 1.93. The first-order chi connectivity index (χ1) is 6.72. The van der Waals surface area contributed by atoms with Crippen molar-refractivity contribution in [3.63, 3.8) is 0 Å². The maximum atomic E-state index is 11.6. The first-order valence-corrected chi connectivity index (χ1v) is 5.36. The lowest BCUT2D eigenvalue weighted by molar-refractivity contribution is -0.129. The Morgan fingerprint density at radius 1 is 1.40 bits per heavy atom. The van der Waals surface area contributed by atoms with Crippen molar-refractivity contribution in [1.29, 1.82) is 0 Å². The number of nitrogens with one attached hydrogen (secondary N) is 1. The van der Waals surface area contributed by atoms with Gasteiger partial charge in [-0.05, 0) is 27.7 Å². The molecule has 0 saturated carbocycles. The molecule has 0 atom stereocenters. The molecule has 0 aliphatic rings. The van der Waals surface area contributed by atoms with Gasteiger partial charge in [-0.1, -0.05) is 12.2 Å². The van der Waals surface area contributed by atoms with Crippen LogP contribution in [0.1, 0.15) is 34.1 Å². The van der Waals surface area contributed by atoms with Gasteiger partial charge in [-0.3, -0.25) is 4.79 Å². The Bertz CT molecular complexity index is 228. The molecular formula is C12H24N2O. The molecule has 0 spiro atoms. The second kappa shape index (κ2) is 5.91. The van der Waals surface area contributed by atoms with Gasteiger partial charge in [-0.15, -0.1) is 0 Å². The van der Waals surface area contributed by atoms with Gasteiger partial charge in [0.15, 0.2) is 0 Å². The highest BCUT2D eigenvalue weighted by atomic mass is 16.2. The minimum absolute atomic E-state index is 0.0766. The molecule has 0 aliphatic heterocycles. The SMILES string of the molecule is C=C(C)CN(C)C(=O)CCNC(C)(C)C. The van der Waals surface area contributed by atoms with Crippen LogP contribution < -0.4 is 5.32 Å². The van der Waals surface area contributed by atoms with Gasteiger partial charge in [0.05, 0.1) is 0 Å². The molecular weight excluding hydrogens is 188 g/mol. The van der Waals surface area contributed by atoms with Crippen LogP contribution in [0.2, 0.25) is 0 Å². The molecule has 0 radical (unpaired) electrons. The fraction of sp³-hybridized carbons (Fsp3) is 0.750. The third-order valence-electron chi connectivity index (χ3n) is 1.93. The molecule has 0 unspecified atom stereocenters. The van der Waals surface area contributed by atoms with E-state index in [4.69, 9.17) is 0 Å². The van der Waals surface area contributed by atoms with Crippen molar-refractivity contribution in [2.75, 3.05) is 20.1 Å². The van der Waals surface area contributed by atoms with Crippen LogP contribution in [0, 0.1) is 0 Å². The number of hydrogen-bond donors (Lipinski definition) is 1. The van der Waals surface area contributed by atoms with Gasteiger partial charge in [0.25, 0.3) is 0 Å². The summed E-state index contributed by atoms with van der Waals surface area (Å²) in [7, 11) is 1.81. The van der Waals surface area contributed by atoms with E-state index in [0.717, 1.165) is 12.1 Å². The number of nitrogens with zero attached hydrogens (tertiary/aromatic N) is 1. The molecule has 0 aromatic rings. The Morgan fingerprint density at radius 3 is 2.33 bits per heavy atom. The number of hydrogen-bond acceptors (Lipinski definition) is 2. The summed E-state index contributed by atoms with van der Waals surface area (Å²) in [5, 5.41) is 3.29. The summed E-state index contributed by atoms with van der Waals surface area (Å²) < 4.78 is 0. The van der Waals surface area contributed by atoms with Gasteiger partial charge < -0.3 is 10.2 Å². The lowest BCUT2D eigenvalue weighted by Gasteiger charge is -2.22. The van der Waals surface area contributed by atoms with E-state index in [1.165, 1.54) is 0 Å².